The summed E-state index contributed by atoms with van der Waals surface area (Å²) in [5.74, 6) is 0.740. The molecule has 0 spiro atoms. The van der Waals surface area contributed by atoms with Crippen LogP contribution in [-0.2, 0) is 4.79 Å². The fourth-order valence-corrected chi connectivity index (χ4v) is 4.07. The molecule has 0 unspecified atom stereocenters. The van der Waals surface area contributed by atoms with E-state index in [-0.39, 0.29) is 11.4 Å². The molecule has 0 bridgehead atoms. The molecule has 0 fully saturated rings. The number of nitriles is 1. The number of hydrogen-bond acceptors (Lipinski definition) is 9. The average molecular weight is 569 g/mol. The summed E-state index contributed by atoms with van der Waals surface area (Å²) in [6, 6.07) is 22.7. The second-order valence-corrected chi connectivity index (χ2v) is 8.64. The van der Waals surface area contributed by atoms with Gasteiger partial charge in [-0.3, -0.25) is 20.4 Å². The topological polar surface area (TPSA) is 141 Å². The van der Waals surface area contributed by atoms with E-state index >= 15 is 0 Å². The van der Waals surface area contributed by atoms with Crippen molar-refractivity contribution < 1.29 is 33.3 Å². The van der Waals surface area contributed by atoms with Gasteiger partial charge in [-0.1, -0.05) is 24.3 Å². The molecule has 0 aliphatic heterocycles. The molecule has 0 aliphatic rings. The Kier molecular flexibility index (Phi) is 9.42. The monoisotopic (exact) mass is 568 g/mol. The zero-order valence-corrected chi connectivity index (χ0v) is 23.4. The van der Waals surface area contributed by atoms with Crippen LogP contribution in [0.2, 0.25) is 0 Å². The quantitative estimate of drug-likeness (QED) is 0.270. The number of nitrogens with one attached hydrogen (secondary N) is 2. The Balaban J connectivity index is 1.70. The van der Waals surface area contributed by atoms with Crippen molar-refractivity contribution in [2.24, 2.45) is 0 Å². The zero-order valence-electron chi connectivity index (χ0n) is 23.4. The van der Waals surface area contributed by atoms with Crippen LogP contribution in [-0.4, -0.2) is 51.8 Å². The lowest BCUT2D eigenvalue weighted by Crippen LogP contribution is -2.43. The number of ether oxygens (including phenoxy) is 5. The molecule has 0 saturated heterocycles. The molecule has 214 valence electrons. The number of nitrogens with zero attached hydrogens (tertiary/aromatic N) is 2. The molecule has 1 aromatic heterocycles. The Morgan fingerprint density at radius 3 is 1.95 bits per heavy atom. The minimum Gasteiger partial charge on any atom is -0.493 e. The number of hydrogen-bond donors (Lipinski definition) is 2. The lowest BCUT2D eigenvalue weighted by atomic mass is 9.98. The van der Waals surface area contributed by atoms with Gasteiger partial charge in [0, 0.05) is 16.7 Å². The summed E-state index contributed by atoms with van der Waals surface area (Å²) in [6.45, 7) is -0.530. The lowest BCUT2D eigenvalue weighted by molar-refractivity contribution is -0.123. The molecule has 4 rings (SSSR count). The van der Waals surface area contributed by atoms with Crippen LogP contribution in [0, 0.1) is 11.3 Å². The number of carbonyl (C=O) groups excluding carboxylic acids is 2. The number of amides is 2. The van der Waals surface area contributed by atoms with Crippen LogP contribution in [0.3, 0.4) is 0 Å². The van der Waals surface area contributed by atoms with E-state index in [4.69, 9.17) is 23.7 Å². The van der Waals surface area contributed by atoms with E-state index in [1.54, 1.807) is 72.8 Å². The molecule has 3 aromatic carbocycles. The molecular formula is C31H28N4O7. The molecule has 11 nitrogen and oxygen atoms in total. The van der Waals surface area contributed by atoms with Crippen LogP contribution in [0.25, 0.3) is 22.4 Å². The Morgan fingerprint density at radius 2 is 1.36 bits per heavy atom. The van der Waals surface area contributed by atoms with Crippen molar-refractivity contribution >= 4 is 11.8 Å². The van der Waals surface area contributed by atoms with Crippen molar-refractivity contribution in [3.63, 3.8) is 0 Å². The first-order valence-corrected chi connectivity index (χ1v) is 12.6. The minimum absolute atomic E-state index is 0.0842. The summed E-state index contributed by atoms with van der Waals surface area (Å²) in [7, 11) is 6.09. The fraction of sp³-hybridized carbons (Fsp3) is 0.161. The van der Waals surface area contributed by atoms with Gasteiger partial charge in [0.2, 0.25) is 5.88 Å². The second-order valence-electron chi connectivity index (χ2n) is 8.64. The summed E-state index contributed by atoms with van der Waals surface area (Å²) in [5.41, 5.74) is 7.27. The molecule has 2 amide bonds. The van der Waals surface area contributed by atoms with Gasteiger partial charge in [0.15, 0.2) is 29.6 Å². The number of rotatable bonds is 10. The SMILES string of the molecule is COc1ccc(-c2cc(-c3ccc(OC)c(OC)c3)c(C#N)c(OCC(=O)NNC(=O)c3ccccc3)n2)cc1OC. The average Bonchev–Trinajstić information content (AvgIpc) is 3.05. The molecular weight excluding hydrogens is 540 g/mol. The first-order valence-electron chi connectivity index (χ1n) is 12.6. The lowest BCUT2D eigenvalue weighted by Gasteiger charge is -2.16. The van der Waals surface area contributed by atoms with Crippen LogP contribution in [0.1, 0.15) is 15.9 Å². The van der Waals surface area contributed by atoms with Gasteiger partial charge in [0.25, 0.3) is 11.8 Å². The van der Waals surface area contributed by atoms with Crippen LogP contribution >= 0.6 is 0 Å². The van der Waals surface area contributed by atoms with Crippen molar-refractivity contribution in [2.45, 2.75) is 0 Å². The first kappa shape index (κ1) is 29.2. The van der Waals surface area contributed by atoms with Crippen molar-refractivity contribution in [1.29, 1.82) is 5.26 Å². The molecule has 0 radical (unpaired) electrons. The van der Waals surface area contributed by atoms with Gasteiger partial charge < -0.3 is 23.7 Å². The van der Waals surface area contributed by atoms with E-state index in [1.165, 1.54) is 28.4 Å². The number of benzene rings is 3. The predicted molar refractivity (Wildman–Crippen MR) is 154 cm³/mol. The van der Waals surface area contributed by atoms with Crippen molar-refractivity contribution in [2.75, 3.05) is 35.0 Å². The van der Waals surface area contributed by atoms with Crippen LogP contribution in [0.5, 0.6) is 28.9 Å². The standard InChI is InChI=1S/C31H28N4O7/c1-38-25-12-10-20(14-27(25)40-3)22-16-24(21-11-13-26(39-2)28(15-21)41-4)33-31(23(22)17-32)42-18-29(36)34-35-30(37)19-8-6-5-7-9-19/h5-16H,18H2,1-4H3,(H,34,36)(H,35,37). The summed E-state index contributed by atoms with van der Waals surface area (Å²) in [5, 5.41) is 10.1. The predicted octanol–water partition coefficient (Wildman–Crippen LogP) is 4.16. The first-order chi connectivity index (χ1) is 20.4. The highest BCUT2D eigenvalue weighted by Crippen LogP contribution is 2.39. The van der Waals surface area contributed by atoms with Gasteiger partial charge in [0.1, 0.15) is 11.6 Å². The Labute approximate surface area is 242 Å². The normalized spacial score (nSPS) is 10.2. The maximum absolute atomic E-state index is 12.5. The van der Waals surface area contributed by atoms with Crippen LogP contribution < -0.4 is 34.5 Å². The van der Waals surface area contributed by atoms with Gasteiger partial charge in [-0.15, -0.1) is 0 Å². The molecule has 1 heterocycles. The van der Waals surface area contributed by atoms with Crippen molar-refractivity contribution in [1.82, 2.24) is 15.8 Å². The molecule has 0 atom stereocenters. The van der Waals surface area contributed by atoms with E-state index in [1.807, 2.05) is 0 Å². The Bertz CT molecular complexity index is 1630. The number of aromatic nitrogens is 1. The second kappa shape index (κ2) is 13.5. The third-order valence-corrected chi connectivity index (χ3v) is 6.16. The summed E-state index contributed by atoms with van der Waals surface area (Å²) < 4.78 is 27.4. The number of methoxy groups -OCH3 is 4. The van der Waals surface area contributed by atoms with E-state index in [9.17, 15) is 14.9 Å². The van der Waals surface area contributed by atoms with Gasteiger partial charge in [-0.25, -0.2) is 4.98 Å². The zero-order chi connectivity index (χ0) is 30.1. The van der Waals surface area contributed by atoms with Crippen LogP contribution in [0.15, 0.2) is 72.8 Å². The molecule has 4 aromatic rings. The molecule has 11 heteroatoms. The highest BCUT2D eigenvalue weighted by molar-refractivity contribution is 5.95. The minimum atomic E-state index is -0.658. The van der Waals surface area contributed by atoms with E-state index in [0.717, 1.165) is 0 Å². The third-order valence-electron chi connectivity index (χ3n) is 6.16. The molecule has 2 N–H and O–H groups in total. The maximum atomic E-state index is 12.5. The van der Waals surface area contributed by atoms with Crippen molar-refractivity contribution in [3.05, 3.63) is 83.9 Å². The van der Waals surface area contributed by atoms with Gasteiger partial charge in [-0.05, 0) is 54.1 Å². The summed E-state index contributed by atoms with van der Waals surface area (Å²) in [6.07, 6.45) is 0. The number of hydrazine groups is 1. The molecule has 42 heavy (non-hydrogen) atoms. The Morgan fingerprint density at radius 1 is 0.762 bits per heavy atom. The largest absolute Gasteiger partial charge is 0.493 e. The van der Waals surface area contributed by atoms with Gasteiger partial charge in [0.05, 0.1) is 34.1 Å². The fourth-order valence-electron chi connectivity index (χ4n) is 4.07. The highest BCUT2D eigenvalue weighted by Gasteiger charge is 2.20. The summed E-state index contributed by atoms with van der Waals surface area (Å²) in [4.78, 5) is 29.4. The third kappa shape index (κ3) is 6.51. The van der Waals surface area contributed by atoms with Gasteiger partial charge in [-0.2, -0.15) is 5.26 Å². The maximum Gasteiger partial charge on any atom is 0.276 e. The highest BCUT2D eigenvalue weighted by atomic mass is 16.5. The van der Waals surface area contributed by atoms with E-state index < -0.39 is 18.4 Å². The molecule has 0 saturated carbocycles. The van der Waals surface area contributed by atoms with E-state index in [2.05, 4.69) is 21.9 Å². The van der Waals surface area contributed by atoms with Crippen molar-refractivity contribution in [3.8, 4) is 57.3 Å². The number of pyridine rings is 1. The number of carbonyl (C=O) groups is 2. The van der Waals surface area contributed by atoms with E-state index in [0.29, 0.717) is 50.9 Å². The van der Waals surface area contributed by atoms with Crippen LogP contribution in [0.4, 0.5) is 0 Å². The smallest absolute Gasteiger partial charge is 0.276 e. The van der Waals surface area contributed by atoms with Gasteiger partial charge >= 0.3 is 0 Å². The molecule has 0 aliphatic carbocycles. The Hall–Kier alpha value is -5.76. The summed E-state index contributed by atoms with van der Waals surface area (Å²) >= 11 is 0.